The van der Waals surface area contributed by atoms with Crippen LogP contribution in [0.3, 0.4) is 0 Å². The molecule has 0 fully saturated rings. The Hall–Kier alpha value is -1.59. The zero-order valence-electron chi connectivity index (χ0n) is 12.2. The summed E-state index contributed by atoms with van der Waals surface area (Å²) in [6.07, 6.45) is -9.70. The Kier molecular flexibility index (Phi) is 6.60. The predicted molar refractivity (Wildman–Crippen MR) is 50.4 cm³/mol. The third-order valence-electron chi connectivity index (χ3n) is 3.04. The quantitative estimate of drug-likeness (QED) is 0.330. The molecule has 173 valence electrons. The highest BCUT2D eigenvalue weighted by Gasteiger charge is 2.94. The summed E-state index contributed by atoms with van der Waals surface area (Å²) in [7, 11) is 0. The predicted octanol–water partition coefficient (Wildman–Crippen LogP) is 6.94. The topological polar surface area (TPSA) is 0 Å². The summed E-state index contributed by atoms with van der Waals surface area (Å²) in [4.78, 5) is 0. The van der Waals surface area contributed by atoms with Crippen molar-refractivity contribution in [2.24, 2.45) is 0 Å². The van der Waals surface area contributed by atoms with Gasteiger partial charge in [-0.3, -0.25) is 0 Å². The fourth-order valence-corrected chi connectivity index (χ4v) is 1.36. The van der Waals surface area contributed by atoms with Gasteiger partial charge in [-0.15, -0.1) is 0 Å². The molecule has 0 aliphatic carbocycles. The largest absolute Gasteiger partial charge is 0.385 e. The molecule has 0 aromatic carbocycles. The highest BCUT2D eigenvalue weighted by Crippen LogP contribution is 2.64. The van der Waals surface area contributed by atoms with E-state index in [1.807, 2.05) is 0 Å². The molecule has 0 aliphatic heterocycles. The van der Waals surface area contributed by atoms with E-state index in [1.54, 1.807) is 0 Å². The molecular weight excluding hydrogens is 481 g/mol. The van der Waals surface area contributed by atoms with Crippen LogP contribution < -0.4 is 0 Å². The van der Waals surface area contributed by atoms with Crippen LogP contribution in [0.25, 0.3) is 0 Å². The van der Waals surface area contributed by atoms with Crippen molar-refractivity contribution in [3.8, 4) is 0 Å². The molecule has 0 heterocycles. The van der Waals surface area contributed by atoms with Crippen LogP contribution in [0.4, 0.5) is 83.4 Å². The molecule has 0 amide bonds. The van der Waals surface area contributed by atoms with Gasteiger partial charge in [0, 0.05) is 0 Å². The lowest BCUT2D eigenvalue weighted by Crippen LogP contribution is -2.73. The van der Waals surface area contributed by atoms with Gasteiger partial charge in [0.15, 0.2) is 0 Å². The van der Waals surface area contributed by atoms with Gasteiger partial charge in [0.1, 0.15) is 0 Å². The molecule has 0 nitrogen and oxygen atoms in total. The van der Waals surface area contributed by atoms with E-state index in [0.717, 1.165) is 0 Å². The first-order valence-corrected chi connectivity index (χ1v) is 5.84. The lowest BCUT2D eigenvalue weighted by atomic mass is 9.89. The average Bonchev–Trinajstić information content (AvgIpc) is 2.52. The molecule has 0 aromatic rings. The Balaban J connectivity index is 6.80. The van der Waals surface area contributed by atoms with Crippen molar-refractivity contribution in [3.05, 3.63) is 18.3 Å². The second kappa shape index (κ2) is 6.98. The number of rotatable bonds is 8. The van der Waals surface area contributed by atoms with Gasteiger partial charge in [0.25, 0.3) is 0 Å². The van der Waals surface area contributed by atoms with E-state index in [-0.39, 0.29) is 0 Å². The molecule has 1 radical (unpaired) electrons. The van der Waals surface area contributed by atoms with Gasteiger partial charge < -0.3 is 0 Å². The first-order valence-electron chi connectivity index (χ1n) is 5.84. The van der Waals surface area contributed by atoms with Crippen LogP contribution in [0.5, 0.6) is 0 Å². The Morgan fingerprint density at radius 1 is 0.345 bits per heavy atom. The monoisotopic (exact) mass is 481 g/mol. The molecule has 0 aliphatic rings. The van der Waals surface area contributed by atoms with Crippen LogP contribution >= 0.6 is 0 Å². The second-order valence-corrected chi connectivity index (χ2v) is 4.86. The molecule has 19 heteroatoms. The fourth-order valence-electron chi connectivity index (χ4n) is 1.36. The zero-order valence-corrected chi connectivity index (χ0v) is 12.2. The molecule has 0 N–H and O–H groups in total. The van der Waals surface area contributed by atoms with E-state index in [2.05, 4.69) is 0 Å². The van der Waals surface area contributed by atoms with E-state index >= 15 is 0 Å². The van der Waals surface area contributed by atoms with Gasteiger partial charge in [-0.1, -0.05) is 0 Å². The van der Waals surface area contributed by atoms with Crippen LogP contribution in [-0.4, -0.2) is 41.5 Å². The Bertz CT molecular complexity index is 635. The van der Waals surface area contributed by atoms with E-state index in [0.29, 0.717) is 0 Å². The Morgan fingerprint density at radius 2 is 0.586 bits per heavy atom. The minimum absolute atomic E-state index is 4.58. The molecule has 0 aromatic heterocycles. The maximum atomic E-state index is 13.1. The Labute approximate surface area is 144 Å². The molecule has 0 unspecified atom stereocenters. The van der Waals surface area contributed by atoms with Crippen LogP contribution in [0.2, 0.25) is 0 Å². The van der Waals surface area contributed by atoms with Gasteiger partial charge >= 0.3 is 54.0 Å². The molecule has 0 spiro atoms. The van der Waals surface area contributed by atoms with E-state index in [4.69, 9.17) is 0 Å². The summed E-state index contributed by atoms with van der Waals surface area (Å²) in [5.74, 6) is -63.3. The van der Waals surface area contributed by atoms with E-state index in [9.17, 15) is 83.4 Å². The van der Waals surface area contributed by atoms with Crippen molar-refractivity contribution < 1.29 is 83.4 Å². The molecular formula is C10F19. The second-order valence-electron chi connectivity index (χ2n) is 4.86. The van der Waals surface area contributed by atoms with Crippen molar-refractivity contribution >= 4 is 0 Å². The van der Waals surface area contributed by atoms with Crippen molar-refractivity contribution in [1.82, 2.24) is 0 Å². The summed E-state index contributed by atoms with van der Waals surface area (Å²) >= 11 is 0. The SMILES string of the molecule is F[C](F)C(F)(F)C(F)(F)C(F)(F)C(F)(F)C(F)(F)C(F)(F)C(F)(F)C(F)=C(F)F. The minimum Gasteiger partial charge on any atom is -0.199 e. The number of alkyl halides is 14. The number of hydrogen-bond donors (Lipinski definition) is 0. The molecule has 0 bridgehead atoms. The smallest absolute Gasteiger partial charge is 0.199 e. The Morgan fingerprint density at radius 3 is 0.828 bits per heavy atom. The summed E-state index contributed by atoms with van der Waals surface area (Å²) in [5, 5.41) is 0. The molecule has 29 heavy (non-hydrogen) atoms. The molecule has 0 atom stereocenters. The lowest BCUT2D eigenvalue weighted by Gasteiger charge is -2.42. The molecule has 0 saturated heterocycles. The van der Waals surface area contributed by atoms with Crippen LogP contribution in [-0.2, 0) is 0 Å². The van der Waals surface area contributed by atoms with Gasteiger partial charge in [-0.05, 0) is 0 Å². The lowest BCUT2D eigenvalue weighted by molar-refractivity contribution is -0.440. The summed E-state index contributed by atoms with van der Waals surface area (Å²) in [5.41, 5.74) is 0. The van der Waals surface area contributed by atoms with Crippen molar-refractivity contribution in [3.63, 3.8) is 0 Å². The summed E-state index contributed by atoms with van der Waals surface area (Å²) in [6.45, 7) is 0. The van der Waals surface area contributed by atoms with Crippen molar-refractivity contribution in [2.75, 3.05) is 0 Å². The van der Waals surface area contributed by atoms with Crippen molar-refractivity contribution in [1.29, 1.82) is 0 Å². The maximum Gasteiger partial charge on any atom is 0.385 e. The highest BCUT2D eigenvalue weighted by molar-refractivity contribution is 5.21. The number of allylic oxidation sites excluding steroid dienone is 1. The summed E-state index contributed by atoms with van der Waals surface area (Å²) in [6, 6.07) is 0. The number of hydrogen-bond acceptors (Lipinski definition) is 0. The van der Waals surface area contributed by atoms with Gasteiger partial charge in [0.2, 0.25) is 5.83 Å². The third kappa shape index (κ3) is 3.36. The average molecular weight is 481 g/mol. The minimum atomic E-state index is -8.78. The van der Waals surface area contributed by atoms with Crippen LogP contribution in [0.1, 0.15) is 0 Å². The summed E-state index contributed by atoms with van der Waals surface area (Å²) < 4.78 is 239. The first kappa shape index (κ1) is 27.4. The normalized spacial score (nSPS) is 15.7. The van der Waals surface area contributed by atoms with Gasteiger partial charge in [-0.25, -0.2) is 0 Å². The first-order chi connectivity index (χ1) is 12.3. The van der Waals surface area contributed by atoms with Gasteiger partial charge in [-0.2, -0.15) is 83.4 Å². The van der Waals surface area contributed by atoms with Crippen LogP contribution in [0, 0.1) is 6.43 Å². The number of halogens is 19. The van der Waals surface area contributed by atoms with Crippen LogP contribution in [0.15, 0.2) is 11.9 Å². The fraction of sp³-hybridized carbons (Fsp3) is 0.700. The van der Waals surface area contributed by atoms with Crippen molar-refractivity contribution in [2.45, 2.75) is 41.5 Å². The zero-order chi connectivity index (χ0) is 24.2. The van der Waals surface area contributed by atoms with E-state index < -0.39 is 59.8 Å². The highest BCUT2D eigenvalue weighted by atomic mass is 19.4. The third-order valence-corrected chi connectivity index (χ3v) is 3.04. The molecule has 0 saturated carbocycles. The van der Waals surface area contributed by atoms with E-state index in [1.165, 1.54) is 0 Å². The molecule has 0 rings (SSSR count). The standard InChI is InChI=1S/C10F19/c11-1(2(12)13)4(16,17)6(20,21)8(24,25)10(28,29)9(26,27)7(22,23)5(18,19)3(14)15. The maximum absolute atomic E-state index is 13.1. The van der Waals surface area contributed by atoms with Gasteiger partial charge in [0.05, 0.1) is 0 Å².